The van der Waals surface area contributed by atoms with Crippen molar-refractivity contribution in [2.75, 3.05) is 13.1 Å². The largest absolute Gasteiger partial charge is 0.330 e. The second-order valence-corrected chi connectivity index (χ2v) is 7.33. The molecule has 0 amide bonds. The summed E-state index contributed by atoms with van der Waals surface area (Å²) in [7, 11) is 0. The summed E-state index contributed by atoms with van der Waals surface area (Å²) in [6.07, 6.45) is 0. The van der Waals surface area contributed by atoms with Crippen molar-refractivity contribution < 1.29 is 0 Å². The first kappa shape index (κ1) is 16.7. The average molecular weight is 296 g/mol. The molecule has 0 aliphatic heterocycles. The van der Waals surface area contributed by atoms with Gasteiger partial charge in [-0.2, -0.15) is 0 Å². The van der Waals surface area contributed by atoms with Crippen molar-refractivity contribution in [2.24, 2.45) is 11.5 Å². The number of nitrogens with two attached hydrogens (primary N) is 2. The Morgan fingerprint density at radius 3 is 1.09 bits per heavy atom. The topological polar surface area (TPSA) is 52.0 Å². The highest BCUT2D eigenvalue weighted by molar-refractivity contribution is 5.64. The zero-order valence-corrected chi connectivity index (χ0v) is 14.2. The Hall–Kier alpha value is -1.64. The minimum atomic E-state index is 0.0214. The van der Waals surface area contributed by atoms with Crippen LogP contribution in [-0.4, -0.2) is 13.1 Å². The van der Waals surface area contributed by atoms with Gasteiger partial charge in [-0.15, -0.1) is 0 Å². The standard InChI is InChI=1S/C20H28N2/c1-19(2,13-21)17-9-5-15(6-10-17)16-7-11-18(12-8-16)20(3,4)14-22/h5-12H,13-14,21-22H2,1-4H3. The van der Waals surface area contributed by atoms with Gasteiger partial charge in [0.25, 0.3) is 0 Å². The summed E-state index contributed by atoms with van der Waals surface area (Å²) >= 11 is 0. The van der Waals surface area contributed by atoms with E-state index in [-0.39, 0.29) is 10.8 Å². The Labute approximate surface area is 134 Å². The molecule has 0 bridgehead atoms. The zero-order chi connectivity index (χ0) is 16.4. The van der Waals surface area contributed by atoms with Crippen molar-refractivity contribution in [3.05, 3.63) is 59.7 Å². The number of rotatable bonds is 5. The van der Waals surface area contributed by atoms with Crippen LogP contribution in [0.1, 0.15) is 38.8 Å². The summed E-state index contributed by atoms with van der Waals surface area (Å²) in [5.41, 5.74) is 16.8. The zero-order valence-electron chi connectivity index (χ0n) is 14.2. The molecule has 2 heteroatoms. The molecule has 0 atom stereocenters. The minimum absolute atomic E-state index is 0.0214. The lowest BCUT2D eigenvalue weighted by atomic mass is 9.83. The predicted molar refractivity (Wildman–Crippen MR) is 96.0 cm³/mol. The van der Waals surface area contributed by atoms with E-state index in [1.54, 1.807) is 0 Å². The van der Waals surface area contributed by atoms with Crippen molar-refractivity contribution in [1.29, 1.82) is 0 Å². The maximum absolute atomic E-state index is 5.85. The van der Waals surface area contributed by atoms with Gasteiger partial charge in [-0.25, -0.2) is 0 Å². The molecule has 0 heterocycles. The lowest BCUT2D eigenvalue weighted by molar-refractivity contribution is 0.539. The van der Waals surface area contributed by atoms with E-state index >= 15 is 0 Å². The van der Waals surface area contributed by atoms with Crippen LogP contribution in [0.5, 0.6) is 0 Å². The van der Waals surface area contributed by atoms with Gasteiger partial charge < -0.3 is 11.5 Å². The van der Waals surface area contributed by atoms with Crippen molar-refractivity contribution in [1.82, 2.24) is 0 Å². The van der Waals surface area contributed by atoms with Gasteiger partial charge >= 0.3 is 0 Å². The van der Waals surface area contributed by atoms with Crippen LogP contribution >= 0.6 is 0 Å². The van der Waals surface area contributed by atoms with Gasteiger partial charge in [-0.05, 0) is 22.3 Å². The van der Waals surface area contributed by atoms with Crippen LogP contribution < -0.4 is 11.5 Å². The number of hydrogen-bond acceptors (Lipinski definition) is 2. The van der Waals surface area contributed by atoms with Gasteiger partial charge in [0.05, 0.1) is 0 Å². The summed E-state index contributed by atoms with van der Waals surface area (Å²) < 4.78 is 0. The molecule has 2 nitrogen and oxygen atoms in total. The summed E-state index contributed by atoms with van der Waals surface area (Å²) in [6, 6.07) is 17.4. The van der Waals surface area contributed by atoms with E-state index in [4.69, 9.17) is 11.5 Å². The van der Waals surface area contributed by atoms with E-state index in [9.17, 15) is 0 Å². The van der Waals surface area contributed by atoms with Crippen LogP contribution in [0, 0.1) is 0 Å². The van der Waals surface area contributed by atoms with E-state index in [1.165, 1.54) is 22.3 Å². The van der Waals surface area contributed by atoms with Gasteiger partial charge in [-0.1, -0.05) is 76.2 Å². The third-order valence-corrected chi connectivity index (χ3v) is 4.69. The third-order valence-electron chi connectivity index (χ3n) is 4.69. The fourth-order valence-corrected chi connectivity index (χ4v) is 2.46. The molecule has 2 aromatic carbocycles. The van der Waals surface area contributed by atoms with Crippen molar-refractivity contribution in [3.8, 4) is 11.1 Å². The summed E-state index contributed by atoms with van der Waals surface area (Å²) in [6.45, 7) is 9.99. The molecule has 2 aromatic rings. The monoisotopic (exact) mass is 296 g/mol. The highest BCUT2D eigenvalue weighted by Gasteiger charge is 2.19. The van der Waals surface area contributed by atoms with Crippen LogP contribution in [0.2, 0.25) is 0 Å². The number of hydrogen-bond donors (Lipinski definition) is 2. The maximum Gasteiger partial charge on any atom is 0.00190 e. The Morgan fingerprint density at radius 2 is 0.864 bits per heavy atom. The first-order valence-electron chi connectivity index (χ1n) is 7.92. The Kier molecular flexibility index (Phi) is 4.74. The molecule has 0 radical (unpaired) electrons. The van der Waals surface area contributed by atoms with Crippen LogP contribution in [-0.2, 0) is 10.8 Å². The second kappa shape index (κ2) is 6.23. The smallest absolute Gasteiger partial charge is 0.00190 e. The molecular formula is C20H28N2. The van der Waals surface area contributed by atoms with Crippen molar-refractivity contribution in [3.63, 3.8) is 0 Å². The van der Waals surface area contributed by atoms with Gasteiger partial charge in [0.1, 0.15) is 0 Å². The Morgan fingerprint density at radius 1 is 0.591 bits per heavy atom. The molecule has 0 aliphatic rings. The summed E-state index contributed by atoms with van der Waals surface area (Å²) in [5, 5.41) is 0. The fraction of sp³-hybridized carbons (Fsp3) is 0.400. The lowest BCUT2D eigenvalue weighted by Gasteiger charge is -2.24. The maximum atomic E-state index is 5.85. The molecule has 0 saturated carbocycles. The molecule has 0 fully saturated rings. The third kappa shape index (κ3) is 3.40. The molecular weight excluding hydrogens is 268 g/mol. The molecule has 0 unspecified atom stereocenters. The minimum Gasteiger partial charge on any atom is -0.330 e. The van der Waals surface area contributed by atoms with Gasteiger partial charge in [0.2, 0.25) is 0 Å². The lowest BCUT2D eigenvalue weighted by Crippen LogP contribution is -2.28. The van der Waals surface area contributed by atoms with E-state index in [1.807, 2.05) is 0 Å². The van der Waals surface area contributed by atoms with Crippen molar-refractivity contribution >= 4 is 0 Å². The number of benzene rings is 2. The molecule has 0 aliphatic carbocycles. The first-order chi connectivity index (χ1) is 10.3. The highest BCUT2D eigenvalue weighted by Crippen LogP contribution is 2.28. The fourth-order valence-electron chi connectivity index (χ4n) is 2.46. The molecule has 2 rings (SSSR count). The molecule has 4 N–H and O–H groups in total. The van der Waals surface area contributed by atoms with E-state index in [2.05, 4.69) is 76.2 Å². The molecule has 0 spiro atoms. The highest BCUT2D eigenvalue weighted by atomic mass is 14.6. The molecule has 118 valence electrons. The summed E-state index contributed by atoms with van der Waals surface area (Å²) in [4.78, 5) is 0. The average Bonchev–Trinajstić information content (AvgIpc) is 2.55. The Bertz CT molecular complexity index is 550. The Balaban J connectivity index is 2.26. The normalized spacial score (nSPS) is 12.5. The van der Waals surface area contributed by atoms with Crippen molar-refractivity contribution in [2.45, 2.75) is 38.5 Å². The van der Waals surface area contributed by atoms with Gasteiger partial charge in [-0.3, -0.25) is 0 Å². The molecule has 0 aromatic heterocycles. The van der Waals surface area contributed by atoms with E-state index < -0.39 is 0 Å². The molecule has 0 saturated heterocycles. The second-order valence-electron chi connectivity index (χ2n) is 7.33. The quantitative estimate of drug-likeness (QED) is 0.881. The van der Waals surface area contributed by atoms with Crippen LogP contribution in [0.3, 0.4) is 0 Å². The first-order valence-corrected chi connectivity index (χ1v) is 7.92. The predicted octanol–water partition coefficient (Wildman–Crippen LogP) is 3.83. The summed E-state index contributed by atoms with van der Waals surface area (Å²) in [5.74, 6) is 0. The SMILES string of the molecule is CC(C)(CN)c1ccc(-c2ccc(C(C)(C)CN)cc2)cc1. The van der Waals surface area contributed by atoms with E-state index in [0.717, 1.165) is 0 Å². The van der Waals surface area contributed by atoms with E-state index in [0.29, 0.717) is 13.1 Å². The van der Waals surface area contributed by atoms with Crippen LogP contribution in [0.25, 0.3) is 11.1 Å². The van der Waals surface area contributed by atoms with Gasteiger partial charge in [0.15, 0.2) is 0 Å². The van der Waals surface area contributed by atoms with Gasteiger partial charge in [0, 0.05) is 23.9 Å². The van der Waals surface area contributed by atoms with Crippen LogP contribution in [0.15, 0.2) is 48.5 Å². The molecule has 22 heavy (non-hydrogen) atoms. The van der Waals surface area contributed by atoms with Crippen LogP contribution in [0.4, 0.5) is 0 Å².